The van der Waals surface area contributed by atoms with E-state index in [4.69, 9.17) is 0 Å². The third-order valence-electron chi connectivity index (χ3n) is 5.20. The normalized spacial score (nSPS) is 19.2. The first kappa shape index (κ1) is 20.3. The van der Waals surface area contributed by atoms with Crippen LogP contribution in [0.1, 0.15) is 56.6 Å². The Bertz CT molecular complexity index is 597. The number of carbonyl (C=O) groups is 1. The van der Waals surface area contributed by atoms with Crippen LogP contribution in [-0.4, -0.2) is 49.5 Å². The molecule has 0 aromatic heterocycles. The lowest BCUT2D eigenvalue weighted by atomic mass is 10.0. The molecule has 5 heteroatoms. The monoisotopic (exact) mass is 358 g/mol. The van der Waals surface area contributed by atoms with Crippen LogP contribution in [0.15, 0.2) is 29.3 Å². The van der Waals surface area contributed by atoms with Gasteiger partial charge in [0.15, 0.2) is 5.96 Å². The van der Waals surface area contributed by atoms with Crippen molar-refractivity contribution < 1.29 is 4.79 Å². The largest absolute Gasteiger partial charge is 0.356 e. The summed E-state index contributed by atoms with van der Waals surface area (Å²) in [6.45, 7) is 8.77. The number of piperidine rings is 1. The minimum absolute atomic E-state index is 0.244. The summed E-state index contributed by atoms with van der Waals surface area (Å²) in [5.74, 6) is 1.39. The van der Waals surface area contributed by atoms with Gasteiger partial charge in [-0.1, -0.05) is 36.8 Å². The molecule has 0 saturated carbocycles. The minimum atomic E-state index is 0.244. The number of hydrogen-bond acceptors (Lipinski definition) is 2. The quantitative estimate of drug-likeness (QED) is 0.607. The third-order valence-corrected chi connectivity index (χ3v) is 5.20. The van der Waals surface area contributed by atoms with Crippen LogP contribution in [0.3, 0.4) is 0 Å². The van der Waals surface area contributed by atoms with Crippen LogP contribution in [0.5, 0.6) is 0 Å². The van der Waals surface area contributed by atoms with Crippen molar-refractivity contribution >= 4 is 11.9 Å². The zero-order valence-electron chi connectivity index (χ0n) is 16.7. The number of amides is 1. The molecule has 2 atom stereocenters. The molecule has 0 spiro atoms. The Labute approximate surface area is 158 Å². The standard InChI is InChI=1S/C21H34N4O/c1-16-8-10-19(11-9-16)17(2)15-24-21(22-4)23-13-12-20(26)25-14-6-5-7-18(25)3/h8-11,17-18H,5-7,12-15H2,1-4H3,(H2,22,23,24). The summed E-state index contributed by atoms with van der Waals surface area (Å²) in [5.41, 5.74) is 2.59. The molecule has 1 amide bonds. The number of carbonyl (C=O) groups excluding carboxylic acids is 1. The first-order valence-electron chi connectivity index (χ1n) is 9.81. The van der Waals surface area contributed by atoms with Gasteiger partial charge in [-0.25, -0.2) is 0 Å². The van der Waals surface area contributed by atoms with Crippen molar-refractivity contribution in [3.63, 3.8) is 0 Å². The van der Waals surface area contributed by atoms with Gasteiger partial charge in [0, 0.05) is 39.1 Å². The van der Waals surface area contributed by atoms with Crippen molar-refractivity contribution in [3.8, 4) is 0 Å². The molecule has 1 aliphatic rings. The van der Waals surface area contributed by atoms with Crippen LogP contribution in [0.25, 0.3) is 0 Å². The summed E-state index contributed by atoms with van der Waals surface area (Å²) in [7, 11) is 1.76. The number of benzene rings is 1. The van der Waals surface area contributed by atoms with Crippen molar-refractivity contribution in [2.45, 2.75) is 58.4 Å². The van der Waals surface area contributed by atoms with Crippen molar-refractivity contribution in [2.24, 2.45) is 4.99 Å². The Morgan fingerprint density at radius 1 is 1.27 bits per heavy atom. The molecule has 1 aliphatic heterocycles. The van der Waals surface area contributed by atoms with E-state index >= 15 is 0 Å². The van der Waals surface area contributed by atoms with Crippen molar-refractivity contribution in [3.05, 3.63) is 35.4 Å². The fourth-order valence-corrected chi connectivity index (χ4v) is 3.38. The van der Waals surface area contributed by atoms with Gasteiger partial charge in [0.1, 0.15) is 0 Å². The van der Waals surface area contributed by atoms with Crippen molar-refractivity contribution in [1.82, 2.24) is 15.5 Å². The van der Waals surface area contributed by atoms with Gasteiger partial charge in [-0.2, -0.15) is 0 Å². The smallest absolute Gasteiger partial charge is 0.224 e. The zero-order chi connectivity index (χ0) is 18.9. The van der Waals surface area contributed by atoms with Crippen molar-refractivity contribution in [2.75, 3.05) is 26.7 Å². The number of nitrogens with one attached hydrogen (secondary N) is 2. The van der Waals surface area contributed by atoms with E-state index in [0.717, 1.165) is 31.9 Å². The molecule has 144 valence electrons. The predicted molar refractivity (Wildman–Crippen MR) is 109 cm³/mol. The molecule has 26 heavy (non-hydrogen) atoms. The van der Waals surface area contributed by atoms with E-state index in [1.165, 1.54) is 17.5 Å². The van der Waals surface area contributed by atoms with Crippen LogP contribution in [0, 0.1) is 6.92 Å². The average molecular weight is 359 g/mol. The molecule has 1 aromatic carbocycles. The molecule has 2 N–H and O–H groups in total. The molecule has 1 heterocycles. The number of rotatable bonds is 6. The molecule has 0 aliphatic carbocycles. The number of guanidine groups is 1. The van der Waals surface area contributed by atoms with E-state index in [2.05, 4.69) is 60.7 Å². The van der Waals surface area contributed by atoms with Gasteiger partial charge in [-0.15, -0.1) is 0 Å². The molecular formula is C21H34N4O. The summed E-state index contributed by atoms with van der Waals surface area (Å²) in [4.78, 5) is 18.7. The lowest BCUT2D eigenvalue weighted by Gasteiger charge is -2.33. The highest BCUT2D eigenvalue weighted by Crippen LogP contribution is 2.17. The highest BCUT2D eigenvalue weighted by Gasteiger charge is 2.22. The average Bonchev–Trinajstić information content (AvgIpc) is 2.65. The van der Waals surface area contributed by atoms with Crippen LogP contribution in [0.2, 0.25) is 0 Å². The molecule has 1 fully saturated rings. The maximum atomic E-state index is 12.4. The van der Waals surface area contributed by atoms with Gasteiger partial charge in [-0.05, 0) is 44.6 Å². The van der Waals surface area contributed by atoms with E-state index in [1.807, 2.05) is 4.90 Å². The van der Waals surface area contributed by atoms with E-state index in [0.29, 0.717) is 24.9 Å². The fourth-order valence-electron chi connectivity index (χ4n) is 3.38. The predicted octanol–water partition coefficient (Wildman–Crippen LogP) is 3.05. The first-order chi connectivity index (χ1) is 12.5. The minimum Gasteiger partial charge on any atom is -0.356 e. The Morgan fingerprint density at radius 3 is 2.65 bits per heavy atom. The van der Waals surface area contributed by atoms with Gasteiger partial charge in [0.05, 0.1) is 0 Å². The van der Waals surface area contributed by atoms with E-state index in [9.17, 15) is 4.79 Å². The highest BCUT2D eigenvalue weighted by molar-refractivity contribution is 5.81. The number of aryl methyl sites for hydroxylation is 1. The topological polar surface area (TPSA) is 56.7 Å². The molecule has 0 bridgehead atoms. The number of aliphatic imine (C=N–C) groups is 1. The second kappa shape index (κ2) is 10.2. The SMILES string of the molecule is CN=C(NCCC(=O)N1CCCCC1C)NCC(C)c1ccc(C)cc1. The van der Waals surface area contributed by atoms with E-state index in [-0.39, 0.29) is 5.91 Å². The number of nitrogens with zero attached hydrogens (tertiary/aromatic N) is 2. The molecule has 2 rings (SSSR count). The van der Waals surface area contributed by atoms with Crippen molar-refractivity contribution in [1.29, 1.82) is 0 Å². The summed E-state index contributed by atoms with van der Waals surface area (Å²) in [6, 6.07) is 9.02. The van der Waals surface area contributed by atoms with Crippen LogP contribution < -0.4 is 10.6 Å². The molecular weight excluding hydrogens is 324 g/mol. The van der Waals surface area contributed by atoms with Crippen LogP contribution >= 0.6 is 0 Å². The Morgan fingerprint density at radius 2 is 2.00 bits per heavy atom. The van der Waals surface area contributed by atoms with Crippen LogP contribution in [-0.2, 0) is 4.79 Å². The Balaban J connectivity index is 1.72. The molecule has 2 unspecified atom stereocenters. The zero-order valence-corrected chi connectivity index (χ0v) is 16.7. The maximum Gasteiger partial charge on any atom is 0.224 e. The summed E-state index contributed by atoms with van der Waals surface area (Å²) < 4.78 is 0. The highest BCUT2D eigenvalue weighted by atomic mass is 16.2. The Kier molecular flexibility index (Phi) is 7.95. The summed E-state index contributed by atoms with van der Waals surface area (Å²) >= 11 is 0. The lowest BCUT2D eigenvalue weighted by Crippen LogP contribution is -2.44. The van der Waals surface area contributed by atoms with Gasteiger partial charge < -0.3 is 15.5 Å². The second-order valence-electron chi connectivity index (χ2n) is 7.37. The lowest BCUT2D eigenvalue weighted by molar-refractivity contribution is -0.134. The third kappa shape index (κ3) is 6.04. The summed E-state index contributed by atoms with van der Waals surface area (Å²) in [5, 5.41) is 6.62. The summed E-state index contributed by atoms with van der Waals surface area (Å²) in [6.07, 6.45) is 4.00. The molecule has 5 nitrogen and oxygen atoms in total. The van der Waals surface area contributed by atoms with Crippen LogP contribution in [0.4, 0.5) is 0 Å². The molecule has 0 radical (unpaired) electrons. The second-order valence-corrected chi connectivity index (χ2v) is 7.37. The van der Waals surface area contributed by atoms with E-state index in [1.54, 1.807) is 7.05 Å². The Hall–Kier alpha value is -2.04. The van der Waals surface area contributed by atoms with Gasteiger partial charge in [-0.3, -0.25) is 9.79 Å². The van der Waals surface area contributed by atoms with Gasteiger partial charge >= 0.3 is 0 Å². The van der Waals surface area contributed by atoms with Gasteiger partial charge in [0.2, 0.25) is 5.91 Å². The van der Waals surface area contributed by atoms with E-state index < -0.39 is 0 Å². The first-order valence-corrected chi connectivity index (χ1v) is 9.81. The molecule has 1 saturated heterocycles. The maximum absolute atomic E-state index is 12.4. The fraction of sp³-hybridized carbons (Fsp3) is 0.619. The number of likely N-dealkylation sites (tertiary alicyclic amines) is 1. The van der Waals surface area contributed by atoms with Gasteiger partial charge in [0.25, 0.3) is 0 Å². The molecule has 1 aromatic rings. The number of hydrogen-bond donors (Lipinski definition) is 2.